The van der Waals surface area contributed by atoms with Crippen LogP contribution in [-0.4, -0.2) is 17.5 Å². The van der Waals surface area contributed by atoms with Crippen molar-refractivity contribution >= 4 is 11.9 Å². The Morgan fingerprint density at radius 3 is 1.53 bits per heavy atom. The van der Waals surface area contributed by atoms with E-state index < -0.39 is 21.8 Å². The van der Waals surface area contributed by atoms with Crippen molar-refractivity contribution in [3.8, 4) is 5.75 Å². The van der Waals surface area contributed by atoms with Crippen molar-refractivity contribution in [2.45, 2.75) is 138 Å². The average Bonchev–Trinajstić information content (AvgIpc) is 3.07. The number of rotatable bonds is 16. The van der Waals surface area contributed by atoms with Gasteiger partial charge in [0.25, 0.3) is 0 Å². The molecule has 0 N–H and O–H groups in total. The zero-order valence-corrected chi connectivity index (χ0v) is 31.1. The maximum atomic E-state index is 13.8. The minimum atomic E-state index is -0.855. The Morgan fingerprint density at radius 1 is 0.574 bits per heavy atom. The predicted molar refractivity (Wildman–Crippen MR) is 195 cm³/mol. The maximum Gasteiger partial charge on any atom is 0.317 e. The highest BCUT2D eigenvalue weighted by Gasteiger charge is 2.47. The van der Waals surface area contributed by atoms with Crippen LogP contribution in [0.4, 0.5) is 0 Å². The van der Waals surface area contributed by atoms with Crippen LogP contribution in [0.15, 0.2) is 78.9 Å². The van der Waals surface area contributed by atoms with E-state index in [0.717, 1.165) is 24.8 Å². The molecule has 4 nitrogen and oxygen atoms in total. The Kier molecular flexibility index (Phi) is 12.3. The highest BCUT2D eigenvalue weighted by atomic mass is 16.6. The van der Waals surface area contributed by atoms with Crippen LogP contribution in [0.3, 0.4) is 0 Å². The van der Waals surface area contributed by atoms with Gasteiger partial charge in [-0.05, 0) is 106 Å². The van der Waals surface area contributed by atoms with Gasteiger partial charge in [-0.1, -0.05) is 122 Å². The Bertz CT molecular complexity index is 1450. The van der Waals surface area contributed by atoms with Crippen LogP contribution in [0.25, 0.3) is 0 Å². The number of benzene rings is 3. The summed E-state index contributed by atoms with van der Waals surface area (Å²) in [5.41, 5.74) is 2.38. The van der Waals surface area contributed by atoms with Gasteiger partial charge in [0.05, 0.1) is 10.8 Å². The van der Waals surface area contributed by atoms with Crippen molar-refractivity contribution in [3.05, 3.63) is 101 Å². The van der Waals surface area contributed by atoms with E-state index in [2.05, 4.69) is 88.4 Å². The van der Waals surface area contributed by atoms with Crippen molar-refractivity contribution in [3.63, 3.8) is 0 Å². The summed E-state index contributed by atoms with van der Waals surface area (Å²) in [6.07, 6.45) is 5.11. The fraction of sp³-hybridized carbons (Fsp3) is 0.535. The van der Waals surface area contributed by atoms with Crippen molar-refractivity contribution in [2.75, 3.05) is 0 Å². The number of ether oxygens (including phenoxy) is 2. The minimum Gasteiger partial charge on any atom is -0.459 e. The molecule has 0 aliphatic carbocycles. The molecule has 2 atom stereocenters. The van der Waals surface area contributed by atoms with Crippen LogP contribution in [0.2, 0.25) is 0 Å². The lowest BCUT2D eigenvalue weighted by atomic mass is 9.67. The third-order valence-corrected chi connectivity index (χ3v) is 11.1. The smallest absolute Gasteiger partial charge is 0.317 e. The van der Waals surface area contributed by atoms with Gasteiger partial charge in [-0.25, -0.2) is 0 Å². The third-order valence-electron chi connectivity index (χ3n) is 11.1. The highest BCUT2D eigenvalue weighted by Crippen LogP contribution is 2.45. The summed E-state index contributed by atoms with van der Waals surface area (Å²) >= 11 is 0. The molecule has 0 amide bonds. The van der Waals surface area contributed by atoms with E-state index in [-0.39, 0.29) is 17.4 Å². The van der Waals surface area contributed by atoms with Gasteiger partial charge < -0.3 is 9.47 Å². The summed E-state index contributed by atoms with van der Waals surface area (Å²) in [5, 5.41) is 0. The van der Waals surface area contributed by atoms with Crippen molar-refractivity contribution in [1.29, 1.82) is 0 Å². The summed E-state index contributed by atoms with van der Waals surface area (Å²) in [4.78, 5) is 27.4. The number of carbonyl (C=O) groups is 2. The molecule has 0 radical (unpaired) electrons. The first-order valence-electron chi connectivity index (χ1n) is 17.8. The monoisotopic (exact) mass is 640 g/mol. The summed E-state index contributed by atoms with van der Waals surface area (Å²) in [6, 6.07) is 27.6. The van der Waals surface area contributed by atoms with Crippen LogP contribution >= 0.6 is 0 Å². The van der Waals surface area contributed by atoms with E-state index in [1.165, 1.54) is 16.7 Å². The van der Waals surface area contributed by atoms with Gasteiger partial charge in [0, 0.05) is 5.41 Å². The van der Waals surface area contributed by atoms with Gasteiger partial charge in [0.2, 0.25) is 0 Å². The highest BCUT2D eigenvalue weighted by molar-refractivity contribution is 5.82. The van der Waals surface area contributed by atoms with Gasteiger partial charge in [0.15, 0.2) is 0 Å². The van der Waals surface area contributed by atoms with Crippen molar-refractivity contribution in [1.82, 2.24) is 0 Å². The predicted octanol–water partition coefficient (Wildman–Crippen LogP) is 11.4. The minimum absolute atomic E-state index is 0.120. The number of carbonyl (C=O) groups excluding carboxylic acids is 2. The molecule has 0 saturated heterocycles. The standard InChI is InChI=1S/C43H60O4/c1-12-30-39(6,7)32-22-24-34(25-23-32)42(11,33-20-18-17-19-21-33)35-26-28-36(29-27-35)46-37(44)41(10,14-3)31-43(15-4,16-5)38(45)47-40(8,9)13-2/h17-29H,12-16,30-31H2,1-11H3. The lowest BCUT2D eigenvalue weighted by Gasteiger charge is -2.39. The molecule has 47 heavy (non-hydrogen) atoms. The molecule has 0 spiro atoms. The SMILES string of the molecule is CCCC(C)(C)c1ccc(C(C)(c2ccccc2)c2ccc(OC(=O)C(C)(CC)CC(CC)(CC)C(=O)OC(C)(C)CC)cc2)cc1. The molecule has 0 heterocycles. The molecule has 2 unspecified atom stereocenters. The normalized spacial score (nSPS) is 15.0. The summed E-state index contributed by atoms with van der Waals surface area (Å²) in [7, 11) is 0. The van der Waals surface area contributed by atoms with Crippen LogP contribution in [0.1, 0.15) is 143 Å². The summed E-state index contributed by atoms with van der Waals surface area (Å²) < 4.78 is 12.1. The molecule has 0 bridgehead atoms. The maximum absolute atomic E-state index is 13.8. The molecule has 0 fully saturated rings. The molecular weight excluding hydrogens is 580 g/mol. The van der Waals surface area contributed by atoms with E-state index in [9.17, 15) is 9.59 Å². The van der Waals surface area contributed by atoms with Crippen LogP contribution in [0, 0.1) is 10.8 Å². The van der Waals surface area contributed by atoms with Crippen molar-refractivity contribution < 1.29 is 19.1 Å². The van der Waals surface area contributed by atoms with Crippen LogP contribution < -0.4 is 4.74 Å². The first-order valence-corrected chi connectivity index (χ1v) is 17.8. The first kappa shape index (κ1) is 38.1. The number of hydrogen-bond acceptors (Lipinski definition) is 4. The number of esters is 2. The Hall–Kier alpha value is -3.40. The zero-order chi connectivity index (χ0) is 35.1. The molecule has 0 aromatic heterocycles. The average molecular weight is 641 g/mol. The van der Waals surface area contributed by atoms with E-state index in [4.69, 9.17) is 9.47 Å². The summed E-state index contributed by atoms with van der Waals surface area (Å²) in [6.45, 7) is 22.9. The largest absolute Gasteiger partial charge is 0.459 e. The van der Waals surface area contributed by atoms with Gasteiger partial charge >= 0.3 is 11.9 Å². The quantitative estimate of drug-likeness (QED) is 0.0888. The Morgan fingerprint density at radius 2 is 1.06 bits per heavy atom. The van der Waals surface area contributed by atoms with Gasteiger partial charge in [-0.3, -0.25) is 9.59 Å². The molecule has 3 aromatic carbocycles. The van der Waals surface area contributed by atoms with E-state index in [1.807, 2.05) is 66.7 Å². The molecule has 3 rings (SSSR count). The molecule has 0 aliphatic rings. The summed E-state index contributed by atoms with van der Waals surface area (Å²) in [5.74, 6) is -0.0511. The topological polar surface area (TPSA) is 52.6 Å². The molecule has 3 aromatic rings. The van der Waals surface area contributed by atoms with E-state index in [0.29, 0.717) is 31.4 Å². The van der Waals surface area contributed by atoms with E-state index in [1.54, 1.807) is 0 Å². The second-order valence-corrected chi connectivity index (χ2v) is 15.2. The van der Waals surface area contributed by atoms with E-state index >= 15 is 0 Å². The molecule has 4 heteroatoms. The Labute approximate surface area is 285 Å². The molecule has 256 valence electrons. The molecule has 0 aliphatic heterocycles. The van der Waals surface area contributed by atoms with Crippen LogP contribution in [0.5, 0.6) is 5.75 Å². The third kappa shape index (κ3) is 8.37. The lowest BCUT2D eigenvalue weighted by molar-refractivity contribution is -0.174. The molecular formula is C43H60O4. The first-order chi connectivity index (χ1) is 22.1. The van der Waals surface area contributed by atoms with Gasteiger partial charge in [-0.2, -0.15) is 0 Å². The van der Waals surface area contributed by atoms with Gasteiger partial charge in [-0.15, -0.1) is 0 Å². The zero-order valence-electron chi connectivity index (χ0n) is 31.1. The lowest BCUT2D eigenvalue weighted by Crippen LogP contribution is -2.44. The second-order valence-electron chi connectivity index (χ2n) is 15.2. The Balaban J connectivity index is 1.92. The second kappa shape index (κ2) is 15.2. The molecule has 0 saturated carbocycles. The number of hydrogen-bond donors (Lipinski definition) is 0. The fourth-order valence-electron chi connectivity index (χ4n) is 6.76. The van der Waals surface area contributed by atoms with Crippen molar-refractivity contribution in [2.24, 2.45) is 10.8 Å². The van der Waals surface area contributed by atoms with Gasteiger partial charge in [0.1, 0.15) is 11.4 Å². The fourth-order valence-corrected chi connectivity index (χ4v) is 6.76. The van der Waals surface area contributed by atoms with Crippen LogP contribution in [-0.2, 0) is 25.2 Å².